The van der Waals surface area contributed by atoms with Crippen LogP contribution in [0.5, 0.6) is 5.75 Å². The maximum atomic E-state index is 10.9. The smallest absolute Gasteiger partial charge is 0.339 e. The summed E-state index contributed by atoms with van der Waals surface area (Å²) in [4.78, 5) is 21.1. The molecule has 0 saturated carbocycles. The van der Waals surface area contributed by atoms with Gasteiger partial charge in [-0.25, -0.2) is 4.79 Å². The molecule has 5 nitrogen and oxygen atoms in total. The van der Waals surface area contributed by atoms with E-state index < -0.39 is 11.9 Å². The van der Waals surface area contributed by atoms with Gasteiger partial charge in [0.15, 0.2) is 0 Å². The number of para-hydroxylation sites is 1. The third-order valence-corrected chi connectivity index (χ3v) is 3.06. The Hall–Kier alpha value is -1.69. The van der Waals surface area contributed by atoms with Crippen molar-refractivity contribution in [3.05, 3.63) is 29.8 Å². The number of aromatic carboxylic acids is 1. The van der Waals surface area contributed by atoms with Crippen LogP contribution in [0.25, 0.3) is 0 Å². The van der Waals surface area contributed by atoms with Gasteiger partial charge in [0.1, 0.15) is 11.3 Å². The van der Waals surface area contributed by atoms with Crippen LogP contribution in [0.3, 0.4) is 0 Å². The molecule has 2 N–H and O–H groups in total. The minimum Gasteiger partial charge on any atom is -0.493 e. The highest BCUT2D eigenvalue weighted by molar-refractivity contribution is 7.99. The lowest BCUT2D eigenvalue weighted by molar-refractivity contribution is -0.133. The SMILES string of the molecule is O=C(O)CSCCCOc1ccccc1C(=O)O. The molecule has 98 valence electrons. The molecule has 18 heavy (non-hydrogen) atoms. The molecule has 0 amide bonds. The fraction of sp³-hybridized carbons (Fsp3) is 0.333. The first-order chi connectivity index (χ1) is 8.61. The quantitative estimate of drug-likeness (QED) is 0.703. The van der Waals surface area contributed by atoms with Gasteiger partial charge in [-0.1, -0.05) is 12.1 Å². The molecule has 0 heterocycles. The Balaban J connectivity index is 2.31. The summed E-state index contributed by atoms with van der Waals surface area (Å²) in [5.74, 6) is -0.774. The first-order valence-corrected chi connectivity index (χ1v) is 6.51. The van der Waals surface area contributed by atoms with Crippen molar-refractivity contribution in [1.29, 1.82) is 0 Å². The molecule has 0 spiro atoms. The zero-order valence-corrected chi connectivity index (χ0v) is 10.5. The summed E-state index contributed by atoms with van der Waals surface area (Å²) in [6.07, 6.45) is 0.673. The largest absolute Gasteiger partial charge is 0.493 e. The molecule has 0 atom stereocenters. The van der Waals surface area contributed by atoms with E-state index in [0.717, 1.165) is 0 Å². The highest BCUT2D eigenvalue weighted by atomic mass is 32.2. The summed E-state index contributed by atoms with van der Waals surface area (Å²) < 4.78 is 5.36. The number of hydrogen-bond donors (Lipinski definition) is 2. The molecule has 0 radical (unpaired) electrons. The molecule has 0 aliphatic heterocycles. The number of carboxylic acids is 2. The highest BCUT2D eigenvalue weighted by Crippen LogP contribution is 2.18. The van der Waals surface area contributed by atoms with Gasteiger partial charge in [0.2, 0.25) is 0 Å². The van der Waals surface area contributed by atoms with Crippen molar-refractivity contribution in [3.8, 4) is 5.75 Å². The molecule has 0 aromatic heterocycles. The number of rotatable bonds is 8. The van der Waals surface area contributed by atoms with E-state index in [4.69, 9.17) is 14.9 Å². The second-order valence-corrected chi connectivity index (χ2v) is 4.55. The first-order valence-electron chi connectivity index (χ1n) is 5.36. The van der Waals surface area contributed by atoms with Gasteiger partial charge >= 0.3 is 11.9 Å². The van der Waals surface area contributed by atoms with E-state index in [1.165, 1.54) is 17.8 Å². The fourth-order valence-electron chi connectivity index (χ4n) is 1.27. The Morgan fingerprint density at radius 3 is 2.61 bits per heavy atom. The lowest BCUT2D eigenvalue weighted by Crippen LogP contribution is -2.05. The van der Waals surface area contributed by atoms with E-state index in [0.29, 0.717) is 24.5 Å². The summed E-state index contributed by atoms with van der Waals surface area (Å²) in [6.45, 7) is 0.372. The van der Waals surface area contributed by atoms with E-state index in [9.17, 15) is 9.59 Å². The van der Waals surface area contributed by atoms with Crippen molar-refractivity contribution in [2.24, 2.45) is 0 Å². The van der Waals surface area contributed by atoms with Crippen LogP contribution < -0.4 is 4.74 Å². The molecular weight excluding hydrogens is 256 g/mol. The minimum atomic E-state index is -1.02. The Bertz CT molecular complexity index is 419. The standard InChI is InChI=1S/C12H14O5S/c13-11(14)8-18-7-3-6-17-10-5-2-1-4-9(10)12(15)16/h1-2,4-5H,3,6-8H2,(H,13,14)(H,15,16). The van der Waals surface area contributed by atoms with Gasteiger partial charge in [0.05, 0.1) is 12.4 Å². The fourth-order valence-corrected chi connectivity index (χ4v) is 1.91. The molecule has 0 aliphatic carbocycles. The Morgan fingerprint density at radius 2 is 1.94 bits per heavy atom. The van der Waals surface area contributed by atoms with Crippen LogP contribution in [0.4, 0.5) is 0 Å². The number of benzene rings is 1. The Morgan fingerprint density at radius 1 is 1.22 bits per heavy atom. The summed E-state index contributed by atoms with van der Waals surface area (Å²) in [5.41, 5.74) is 0.135. The maximum Gasteiger partial charge on any atom is 0.339 e. The van der Waals surface area contributed by atoms with Gasteiger partial charge in [-0.15, -0.1) is 0 Å². The second kappa shape index (κ2) is 7.60. The zero-order valence-electron chi connectivity index (χ0n) is 9.67. The molecule has 1 aromatic rings. The monoisotopic (exact) mass is 270 g/mol. The van der Waals surface area contributed by atoms with E-state index in [-0.39, 0.29) is 11.3 Å². The molecule has 1 rings (SSSR count). The summed E-state index contributed by atoms with van der Waals surface area (Å²) in [7, 11) is 0. The van der Waals surface area contributed by atoms with Crippen molar-refractivity contribution in [2.75, 3.05) is 18.1 Å². The topological polar surface area (TPSA) is 83.8 Å². The average molecular weight is 270 g/mol. The lowest BCUT2D eigenvalue weighted by atomic mass is 10.2. The van der Waals surface area contributed by atoms with Crippen LogP contribution in [0.2, 0.25) is 0 Å². The normalized spacial score (nSPS) is 10.0. The van der Waals surface area contributed by atoms with E-state index >= 15 is 0 Å². The molecular formula is C12H14O5S. The predicted molar refractivity (Wildman–Crippen MR) is 68.5 cm³/mol. The van der Waals surface area contributed by atoms with E-state index in [1.807, 2.05) is 0 Å². The maximum absolute atomic E-state index is 10.9. The van der Waals surface area contributed by atoms with Crippen molar-refractivity contribution >= 4 is 23.7 Å². The van der Waals surface area contributed by atoms with Crippen LogP contribution in [0, 0.1) is 0 Å². The van der Waals surface area contributed by atoms with E-state index in [1.54, 1.807) is 18.2 Å². The van der Waals surface area contributed by atoms with Crippen molar-refractivity contribution in [1.82, 2.24) is 0 Å². The summed E-state index contributed by atoms with van der Waals surface area (Å²) >= 11 is 1.31. The van der Waals surface area contributed by atoms with Crippen LogP contribution >= 0.6 is 11.8 Å². The third-order valence-electron chi connectivity index (χ3n) is 2.03. The molecule has 0 aliphatic rings. The van der Waals surface area contributed by atoms with Crippen LogP contribution in [-0.2, 0) is 4.79 Å². The predicted octanol–water partition coefficient (Wildman–Crippen LogP) is 1.97. The summed E-state index contributed by atoms with van der Waals surface area (Å²) in [5, 5.41) is 17.3. The average Bonchev–Trinajstić information content (AvgIpc) is 2.33. The summed E-state index contributed by atoms with van der Waals surface area (Å²) in [6, 6.07) is 6.44. The molecule has 1 aromatic carbocycles. The molecule has 6 heteroatoms. The number of aliphatic carboxylic acids is 1. The number of hydrogen-bond acceptors (Lipinski definition) is 4. The van der Waals surface area contributed by atoms with Crippen molar-refractivity contribution in [3.63, 3.8) is 0 Å². The van der Waals surface area contributed by atoms with Gasteiger partial charge < -0.3 is 14.9 Å². The zero-order chi connectivity index (χ0) is 13.4. The number of carbonyl (C=O) groups is 2. The molecule has 0 saturated heterocycles. The van der Waals surface area contributed by atoms with Gasteiger partial charge in [-0.05, 0) is 24.3 Å². The third kappa shape index (κ3) is 5.09. The van der Waals surface area contributed by atoms with Gasteiger partial charge in [0, 0.05) is 0 Å². The molecule has 0 unspecified atom stereocenters. The van der Waals surface area contributed by atoms with Crippen molar-refractivity contribution in [2.45, 2.75) is 6.42 Å². The van der Waals surface area contributed by atoms with Crippen LogP contribution in [0.15, 0.2) is 24.3 Å². The Labute approximate surface area is 109 Å². The van der Waals surface area contributed by atoms with Crippen LogP contribution in [0.1, 0.15) is 16.8 Å². The second-order valence-electron chi connectivity index (χ2n) is 3.45. The van der Waals surface area contributed by atoms with Gasteiger partial charge in [0.25, 0.3) is 0 Å². The number of carboxylic acid groups (broad SMARTS) is 2. The number of thioether (sulfide) groups is 1. The lowest BCUT2D eigenvalue weighted by Gasteiger charge is -2.08. The molecule has 0 fully saturated rings. The van der Waals surface area contributed by atoms with Crippen LogP contribution in [-0.4, -0.2) is 40.3 Å². The van der Waals surface area contributed by atoms with Gasteiger partial charge in [-0.3, -0.25) is 4.79 Å². The minimum absolute atomic E-state index is 0.0751. The highest BCUT2D eigenvalue weighted by Gasteiger charge is 2.09. The van der Waals surface area contributed by atoms with Crippen molar-refractivity contribution < 1.29 is 24.5 Å². The first kappa shape index (κ1) is 14.4. The number of ether oxygens (including phenoxy) is 1. The van der Waals surface area contributed by atoms with E-state index in [2.05, 4.69) is 0 Å². The Kier molecular flexibility index (Phi) is 6.07. The van der Waals surface area contributed by atoms with Gasteiger partial charge in [-0.2, -0.15) is 11.8 Å². The molecule has 0 bridgehead atoms.